The lowest BCUT2D eigenvalue weighted by atomic mass is 10.1. The molecule has 134 valence electrons. The van der Waals surface area contributed by atoms with Gasteiger partial charge >= 0.3 is 6.55 Å². The molecule has 1 aliphatic rings. The zero-order valence-electron chi connectivity index (χ0n) is 14.1. The standard InChI is InChI=1S/C19H17F2N3O2/c1-23(18(25)16-10-12-6-2-5-9-15(12)26-16)11-17-22-13-7-3-4-8-14(13)24(17)19(20)21/h2-9,16,19H,10-11H2,1H3. The number of nitrogens with zero attached hydrogens (tertiary/aromatic N) is 3. The Morgan fingerprint density at radius 3 is 2.77 bits per heavy atom. The average Bonchev–Trinajstić information content (AvgIpc) is 3.21. The van der Waals surface area contributed by atoms with Gasteiger partial charge in [-0.2, -0.15) is 8.78 Å². The number of aromatic nitrogens is 2. The van der Waals surface area contributed by atoms with Crippen molar-refractivity contribution in [3.63, 3.8) is 0 Å². The van der Waals surface area contributed by atoms with Gasteiger partial charge in [0, 0.05) is 13.5 Å². The van der Waals surface area contributed by atoms with Crippen LogP contribution >= 0.6 is 0 Å². The zero-order chi connectivity index (χ0) is 18.3. The van der Waals surface area contributed by atoms with Crippen molar-refractivity contribution in [2.75, 3.05) is 7.05 Å². The molecule has 0 saturated heterocycles. The highest BCUT2D eigenvalue weighted by Crippen LogP contribution is 2.29. The molecule has 2 aromatic carbocycles. The topological polar surface area (TPSA) is 47.4 Å². The molecule has 3 aromatic rings. The van der Waals surface area contributed by atoms with E-state index in [1.807, 2.05) is 24.3 Å². The SMILES string of the molecule is CN(Cc1nc2ccccc2n1C(F)F)C(=O)C1Cc2ccccc2O1. The van der Waals surface area contributed by atoms with E-state index in [1.54, 1.807) is 31.3 Å². The summed E-state index contributed by atoms with van der Waals surface area (Å²) >= 11 is 0. The molecule has 0 N–H and O–H groups in total. The van der Waals surface area contributed by atoms with Crippen LogP contribution in [0.3, 0.4) is 0 Å². The first-order valence-corrected chi connectivity index (χ1v) is 8.28. The summed E-state index contributed by atoms with van der Waals surface area (Å²) in [6.45, 7) is -2.75. The maximum atomic E-state index is 13.5. The van der Waals surface area contributed by atoms with Crippen LogP contribution in [0.15, 0.2) is 48.5 Å². The number of alkyl halides is 2. The molecule has 0 radical (unpaired) electrons. The Labute approximate surface area is 148 Å². The molecule has 0 saturated carbocycles. The van der Waals surface area contributed by atoms with Gasteiger partial charge in [0.05, 0.1) is 17.6 Å². The molecule has 1 aliphatic heterocycles. The summed E-state index contributed by atoms with van der Waals surface area (Å²) in [5, 5.41) is 0. The van der Waals surface area contributed by atoms with Crippen LogP contribution in [0.1, 0.15) is 17.9 Å². The van der Waals surface area contributed by atoms with Gasteiger partial charge in [-0.05, 0) is 23.8 Å². The Morgan fingerprint density at radius 2 is 2.00 bits per heavy atom. The van der Waals surface area contributed by atoms with Gasteiger partial charge in [0.2, 0.25) is 0 Å². The van der Waals surface area contributed by atoms with Gasteiger partial charge in [0.25, 0.3) is 5.91 Å². The number of rotatable bonds is 4. The fraction of sp³-hybridized carbons (Fsp3) is 0.263. The number of carbonyl (C=O) groups is 1. The van der Waals surface area contributed by atoms with Crippen molar-refractivity contribution in [3.05, 3.63) is 59.9 Å². The first-order chi connectivity index (χ1) is 12.5. The van der Waals surface area contributed by atoms with Gasteiger partial charge in [-0.1, -0.05) is 30.3 Å². The van der Waals surface area contributed by atoms with Crippen LogP contribution < -0.4 is 4.74 Å². The Morgan fingerprint density at radius 1 is 1.27 bits per heavy atom. The van der Waals surface area contributed by atoms with Crippen molar-refractivity contribution in [3.8, 4) is 5.75 Å². The Balaban J connectivity index is 1.55. The number of fused-ring (bicyclic) bond motifs is 2. The van der Waals surface area contributed by atoms with E-state index in [4.69, 9.17) is 4.74 Å². The molecule has 26 heavy (non-hydrogen) atoms. The van der Waals surface area contributed by atoms with Crippen LogP contribution in [0.25, 0.3) is 11.0 Å². The van der Waals surface area contributed by atoms with Crippen LogP contribution in [-0.4, -0.2) is 33.5 Å². The number of likely N-dealkylation sites (N-methyl/N-ethyl adjacent to an activating group) is 1. The third-order valence-corrected chi connectivity index (χ3v) is 4.54. The lowest BCUT2D eigenvalue weighted by Gasteiger charge is -2.21. The maximum Gasteiger partial charge on any atom is 0.320 e. The zero-order valence-corrected chi connectivity index (χ0v) is 14.1. The third-order valence-electron chi connectivity index (χ3n) is 4.54. The van der Waals surface area contributed by atoms with Crippen molar-refractivity contribution in [2.24, 2.45) is 0 Å². The number of imidazole rings is 1. The minimum atomic E-state index is -2.73. The molecule has 0 fully saturated rings. The third kappa shape index (κ3) is 2.79. The molecule has 1 unspecified atom stereocenters. The van der Waals surface area contributed by atoms with E-state index in [9.17, 15) is 13.6 Å². The number of para-hydroxylation sites is 3. The highest BCUT2D eigenvalue weighted by molar-refractivity contribution is 5.82. The van der Waals surface area contributed by atoms with Crippen LogP contribution in [0, 0.1) is 0 Å². The second-order valence-electron chi connectivity index (χ2n) is 6.28. The molecule has 0 spiro atoms. The summed E-state index contributed by atoms with van der Waals surface area (Å²) in [5.74, 6) is 0.584. The Bertz CT molecular complexity index is 945. The van der Waals surface area contributed by atoms with Crippen molar-refractivity contribution < 1.29 is 18.3 Å². The number of carbonyl (C=O) groups excluding carboxylic acids is 1. The van der Waals surface area contributed by atoms with E-state index in [1.165, 1.54) is 4.90 Å². The molecule has 5 nitrogen and oxygen atoms in total. The molecule has 1 amide bonds. The second-order valence-corrected chi connectivity index (χ2v) is 6.28. The predicted octanol–water partition coefficient (Wildman–Crippen LogP) is 3.39. The van der Waals surface area contributed by atoms with E-state index in [0.29, 0.717) is 23.2 Å². The van der Waals surface area contributed by atoms with Crippen molar-refractivity contribution in [1.29, 1.82) is 0 Å². The quantitative estimate of drug-likeness (QED) is 0.719. The molecule has 7 heteroatoms. The lowest BCUT2D eigenvalue weighted by Crippen LogP contribution is -2.39. The summed E-state index contributed by atoms with van der Waals surface area (Å²) < 4.78 is 33.6. The number of hydrogen-bond donors (Lipinski definition) is 0. The van der Waals surface area contributed by atoms with E-state index in [-0.39, 0.29) is 18.3 Å². The maximum absolute atomic E-state index is 13.5. The number of amides is 1. The summed E-state index contributed by atoms with van der Waals surface area (Å²) in [4.78, 5) is 18.3. The highest BCUT2D eigenvalue weighted by atomic mass is 19.3. The molecule has 1 aromatic heterocycles. The highest BCUT2D eigenvalue weighted by Gasteiger charge is 2.31. The number of hydrogen-bond acceptors (Lipinski definition) is 3. The Hall–Kier alpha value is -2.96. The van der Waals surface area contributed by atoms with Crippen LogP contribution in [0.5, 0.6) is 5.75 Å². The predicted molar refractivity (Wildman–Crippen MR) is 92.0 cm³/mol. The van der Waals surface area contributed by atoms with Crippen LogP contribution in [0.2, 0.25) is 0 Å². The number of benzene rings is 2. The van der Waals surface area contributed by atoms with Gasteiger partial charge in [-0.25, -0.2) is 4.98 Å². The fourth-order valence-corrected chi connectivity index (χ4v) is 3.28. The van der Waals surface area contributed by atoms with Gasteiger partial charge in [0.1, 0.15) is 11.6 Å². The van der Waals surface area contributed by atoms with Crippen molar-refractivity contribution >= 4 is 16.9 Å². The molecular formula is C19H17F2N3O2. The molecule has 4 rings (SSSR count). The molecule has 1 atom stereocenters. The minimum Gasteiger partial charge on any atom is -0.480 e. The minimum absolute atomic E-state index is 0.0198. The first-order valence-electron chi connectivity index (χ1n) is 8.28. The van der Waals surface area contributed by atoms with E-state index in [0.717, 1.165) is 10.1 Å². The van der Waals surface area contributed by atoms with Crippen LogP contribution in [0.4, 0.5) is 8.78 Å². The fourth-order valence-electron chi connectivity index (χ4n) is 3.28. The summed E-state index contributed by atoms with van der Waals surface area (Å²) in [6, 6.07) is 14.2. The summed E-state index contributed by atoms with van der Waals surface area (Å²) in [7, 11) is 1.57. The molecule has 0 bridgehead atoms. The lowest BCUT2D eigenvalue weighted by molar-refractivity contribution is -0.137. The summed E-state index contributed by atoms with van der Waals surface area (Å²) in [5.41, 5.74) is 1.80. The number of ether oxygens (including phenoxy) is 1. The van der Waals surface area contributed by atoms with Gasteiger partial charge in [-0.15, -0.1) is 0 Å². The molecule has 0 aliphatic carbocycles. The largest absolute Gasteiger partial charge is 0.480 e. The van der Waals surface area contributed by atoms with Crippen molar-refractivity contribution in [1.82, 2.24) is 14.5 Å². The Kier molecular flexibility index (Phi) is 4.06. The van der Waals surface area contributed by atoms with Crippen LogP contribution in [-0.2, 0) is 17.8 Å². The van der Waals surface area contributed by atoms with Gasteiger partial charge in [0.15, 0.2) is 6.10 Å². The normalized spacial score (nSPS) is 15.9. The van der Waals surface area contributed by atoms with E-state index >= 15 is 0 Å². The second kappa shape index (κ2) is 6.40. The van der Waals surface area contributed by atoms with E-state index in [2.05, 4.69) is 4.98 Å². The average molecular weight is 357 g/mol. The van der Waals surface area contributed by atoms with Crippen molar-refractivity contribution in [2.45, 2.75) is 25.6 Å². The molecule has 2 heterocycles. The van der Waals surface area contributed by atoms with E-state index < -0.39 is 12.7 Å². The monoisotopic (exact) mass is 357 g/mol. The van der Waals surface area contributed by atoms with Gasteiger partial charge in [-0.3, -0.25) is 9.36 Å². The smallest absolute Gasteiger partial charge is 0.320 e. The van der Waals surface area contributed by atoms with Gasteiger partial charge < -0.3 is 9.64 Å². The number of halogens is 2. The molecular weight excluding hydrogens is 340 g/mol. The summed E-state index contributed by atoms with van der Waals surface area (Å²) in [6.07, 6.45) is -0.160. The first kappa shape index (κ1) is 16.5.